The molecule has 0 aliphatic carbocycles. The van der Waals surface area contributed by atoms with Gasteiger partial charge in [-0.1, -0.05) is 6.07 Å². The van der Waals surface area contributed by atoms with E-state index in [0.717, 1.165) is 35.4 Å². The average Bonchev–Trinajstić information content (AvgIpc) is 3.62. The first-order chi connectivity index (χ1) is 17.5. The van der Waals surface area contributed by atoms with Crippen LogP contribution in [-0.2, 0) is 4.79 Å². The maximum atomic E-state index is 12.7. The standard InChI is InChI=1S/C25H26N8O3/c1-13(35)22-23(15-6-16-3-4-17(7-15)32(16)21(36)11-34)31-25-18(9-30-33(25)24(22)26)14-2-5-19(28-8-14)20-10-27-12-29-20/h2,5,8-10,12,15-17,34H,3-4,6-7,11,26H2,1H3,(H,27,29)/t15?,16-,17+. The number of fused-ring (bicyclic) bond motifs is 3. The molecule has 184 valence electrons. The normalized spacial score (nSPS) is 21.3. The number of hydrogen-bond acceptors (Lipinski definition) is 8. The Labute approximate surface area is 206 Å². The summed E-state index contributed by atoms with van der Waals surface area (Å²) >= 11 is 0. The van der Waals surface area contributed by atoms with E-state index in [0.29, 0.717) is 29.7 Å². The minimum atomic E-state index is -0.486. The number of nitrogen functional groups attached to an aromatic ring is 1. The number of ketones is 1. The molecule has 1 unspecified atom stereocenters. The Morgan fingerprint density at radius 2 is 1.94 bits per heavy atom. The molecular formula is C25H26N8O3. The highest BCUT2D eigenvalue weighted by Crippen LogP contribution is 2.44. The highest BCUT2D eigenvalue weighted by molar-refractivity contribution is 6.00. The molecule has 2 bridgehead atoms. The molecule has 2 saturated heterocycles. The fourth-order valence-corrected chi connectivity index (χ4v) is 5.89. The number of nitrogens with two attached hydrogens (primary N) is 1. The van der Waals surface area contributed by atoms with Gasteiger partial charge in [-0.3, -0.25) is 14.6 Å². The van der Waals surface area contributed by atoms with Gasteiger partial charge < -0.3 is 20.7 Å². The lowest BCUT2D eigenvalue weighted by atomic mass is 9.85. The lowest BCUT2D eigenvalue weighted by Crippen LogP contribution is -2.47. The van der Waals surface area contributed by atoms with Gasteiger partial charge in [-0.05, 0) is 38.7 Å². The van der Waals surface area contributed by atoms with E-state index in [2.05, 4.69) is 20.1 Å². The Balaban J connectivity index is 1.42. The van der Waals surface area contributed by atoms with Gasteiger partial charge in [0.1, 0.15) is 12.4 Å². The van der Waals surface area contributed by atoms with Gasteiger partial charge in [0, 0.05) is 35.3 Å². The van der Waals surface area contributed by atoms with Crippen LogP contribution in [0, 0.1) is 0 Å². The quantitative estimate of drug-likeness (QED) is 0.363. The van der Waals surface area contributed by atoms with Crippen molar-refractivity contribution in [2.45, 2.75) is 50.6 Å². The molecule has 1 amide bonds. The van der Waals surface area contributed by atoms with Crippen LogP contribution >= 0.6 is 0 Å². The lowest BCUT2D eigenvalue weighted by Gasteiger charge is -2.39. The molecule has 0 aromatic carbocycles. The van der Waals surface area contributed by atoms with Crippen molar-refractivity contribution in [1.29, 1.82) is 0 Å². The second-order valence-corrected chi connectivity index (χ2v) is 9.52. The van der Waals surface area contributed by atoms with Gasteiger partial charge in [0.15, 0.2) is 11.4 Å². The molecule has 11 nitrogen and oxygen atoms in total. The first-order valence-electron chi connectivity index (χ1n) is 12.0. The molecule has 3 atom stereocenters. The topological polar surface area (TPSA) is 155 Å². The lowest BCUT2D eigenvalue weighted by molar-refractivity contribution is -0.138. The number of H-pyrrole nitrogens is 1. The Kier molecular flexibility index (Phi) is 5.29. The first-order valence-corrected chi connectivity index (χ1v) is 12.0. The summed E-state index contributed by atoms with van der Waals surface area (Å²) < 4.78 is 1.51. The van der Waals surface area contributed by atoms with Crippen LogP contribution in [0.3, 0.4) is 0 Å². The number of carbonyl (C=O) groups excluding carboxylic acids is 2. The number of aromatic amines is 1. The van der Waals surface area contributed by atoms with Gasteiger partial charge in [-0.25, -0.2) is 9.97 Å². The summed E-state index contributed by atoms with van der Waals surface area (Å²) in [7, 11) is 0. The molecule has 0 spiro atoms. The fraction of sp³-hybridized carbons (Fsp3) is 0.360. The average molecular weight is 487 g/mol. The Morgan fingerprint density at radius 3 is 2.56 bits per heavy atom. The summed E-state index contributed by atoms with van der Waals surface area (Å²) in [6.07, 6.45) is 9.87. The van der Waals surface area contributed by atoms with Gasteiger partial charge in [-0.2, -0.15) is 9.61 Å². The third kappa shape index (κ3) is 3.46. The minimum absolute atomic E-state index is 0.0241. The van der Waals surface area contributed by atoms with Crippen molar-refractivity contribution in [3.63, 3.8) is 0 Å². The Hall–Kier alpha value is -4.12. The minimum Gasteiger partial charge on any atom is -0.387 e. The number of hydrogen-bond donors (Lipinski definition) is 3. The molecule has 0 saturated carbocycles. The number of imidazole rings is 1. The summed E-state index contributed by atoms with van der Waals surface area (Å²) in [6, 6.07) is 3.88. The predicted molar refractivity (Wildman–Crippen MR) is 131 cm³/mol. The SMILES string of the molecule is CC(=O)c1c(C2C[C@H]3CC[C@@H](C2)N3C(=O)CO)nc2c(-c3ccc(-c4cnc[nH]4)nc3)cnn2c1N. The number of carbonyl (C=O) groups is 2. The number of aromatic nitrogens is 6. The summed E-state index contributed by atoms with van der Waals surface area (Å²) in [5, 5.41) is 13.8. The van der Waals surface area contributed by atoms with Crippen molar-refractivity contribution in [3.8, 4) is 22.5 Å². The molecule has 2 fully saturated rings. The summed E-state index contributed by atoms with van der Waals surface area (Å²) in [5.41, 5.74) is 11.3. The molecule has 2 aliphatic heterocycles. The maximum absolute atomic E-state index is 12.7. The summed E-state index contributed by atoms with van der Waals surface area (Å²) in [5.74, 6) is -0.169. The number of aliphatic hydroxyl groups excluding tert-OH is 1. The molecule has 6 heterocycles. The monoisotopic (exact) mass is 486 g/mol. The van der Waals surface area contributed by atoms with Gasteiger partial charge in [0.25, 0.3) is 0 Å². The van der Waals surface area contributed by atoms with Gasteiger partial charge in [0.05, 0.1) is 41.4 Å². The molecule has 36 heavy (non-hydrogen) atoms. The molecular weight excluding hydrogens is 460 g/mol. The second kappa shape index (κ2) is 8.52. The molecule has 2 aliphatic rings. The number of Topliss-reactive ketones (excluding diaryl/α,β-unsaturated/α-hetero) is 1. The molecule has 0 radical (unpaired) electrons. The van der Waals surface area contributed by atoms with Crippen LogP contribution in [0.4, 0.5) is 5.82 Å². The number of nitrogens with one attached hydrogen (secondary N) is 1. The number of rotatable bonds is 5. The van der Waals surface area contributed by atoms with E-state index in [1.807, 2.05) is 17.0 Å². The first kappa shape index (κ1) is 22.4. The van der Waals surface area contributed by atoms with E-state index >= 15 is 0 Å². The largest absolute Gasteiger partial charge is 0.387 e. The van der Waals surface area contributed by atoms with E-state index in [9.17, 15) is 14.7 Å². The molecule has 11 heteroatoms. The third-order valence-corrected chi connectivity index (χ3v) is 7.45. The zero-order valence-electron chi connectivity index (χ0n) is 19.8. The van der Waals surface area contributed by atoms with Crippen LogP contribution in [0.5, 0.6) is 0 Å². The number of aliphatic hydroxyl groups is 1. The molecule has 6 rings (SSSR count). The van der Waals surface area contributed by atoms with Crippen LogP contribution in [-0.4, -0.2) is 69.9 Å². The highest BCUT2D eigenvalue weighted by Gasteiger charge is 2.44. The van der Waals surface area contributed by atoms with Crippen molar-refractivity contribution in [2.75, 3.05) is 12.3 Å². The van der Waals surface area contributed by atoms with E-state index in [-0.39, 0.29) is 35.5 Å². The number of piperidine rings is 1. The number of amides is 1. The van der Waals surface area contributed by atoms with Crippen LogP contribution in [0.15, 0.2) is 37.1 Å². The summed E-state index contributed by atoms with van der Waals surface area (Å²) in [4.78, 5) is 43.5. The van der Waals surface area contributed by atoms with Crippen LogP contribution in [0.1, 0.15) is 54.6 Å². The van der Waals surface area contributed by atoms with Gasteiger partial charge >= 0.3 is 0 Å². The Morgan fingerprint density at radius 1 is 1.17 bits per heavy atom. The highest BCUT2D eigenvalue weighted by atomic mass is 16.3. The van der Waals surface area contributed by atoms with Crippen LogP contribution in [0.2, 0.25) is 0 Å². The van der Waals surface area contributed by atoms with Crippen molar-refractivity contribution in [2.24, 2.45) is 0 Å². The van der Waals surface area contributed by atoms with Crippen LogP contribution in [0.25, 0.3) is 28.2 Å². The van der Waals surface area contributed by atoms with Gasteiger partial charge in [0.2, 0.25) is 5.91 Å². The van der Waals surface area contributed by atoms with E-state index in [4.69, 9.17) is 10.7 Å². The zero-order chi connectivity index (χ0) is 25.0. The van der Waals surface area contributed by atoms with Crippen molar-refractivity contribution < 1.29 is 14.7 Å². The Bertz CT molecular complexity index is 1450. The second-order valence-electron chi connectivity index (χ2n) is 9.52. The molecule has 4 aromatic rings. The van der Waals surface area contributed by atoms with Crippen LogP contribution < -0.4 is 5.73 Å². The fourth-order valence-electron chi connectivity index (χ4n) is 5.89. The molecule has 4 aromatic heterocycles. The smallest absolute Gasteiger partial charge is 0.248 e. The number of anilines is 1. The zero-order valence-corrected chi connectivity index (χ0v) is 19.8. The van der Waals surface area contributed by atoms with Crippen molar-refractivity contribution in [3.05, 3.63) is 48.3 Å². The van der Waals surface area contributed by atoms with E-state index in [1.165, 1.54) is 11.4 Å². The predicted octanol–water partition coefficient (Wildman–Crippen LogP) is 2.20. The number of pyridine rings is 1. The molecule has 4 N–H and O–H groups in total. The third-order valence-electron chi connectivity index (χ3n) is 7.45. The van der Waals surface area contributed by atoms with E-state index < -0.39 is 6.61 Å². The summed E-state index contributed by atoms with van der Waals surface area (Å²) in [6.45, 7) is 1.00. The maximum Gasteiger partial charge on any atom is 0.248 e. The van der Waals surface area contributed by atoms with Crippen molar-refractivity contribution >= 4 is 23.2 Å². The number of nitrogens with zero attached hydrogens (tertiary/aromatic N) is 6. The van der Waals surface area contributed by atoms with Crippen molar-refractivity contribution in [1.82, 2.24) is 34.4 Å². The van der Waals surface area contributed by atoms with Gasteiger partial charge in [-0.15, -0.1) is 0 Å². The van der Waals surface area contributed by atoms with E-state index in [1.54, 1.807) is 24.9 Å².